The quantitative estimate of drug-likeness (QED) is 0.791. The van der Waals surface area contributed by atoms with E-state index in [0.717, 1.165) is 18.7 Å². The van der Waals surface area contributed by atoms with Gasteiger partial charge in [-0.1, -0.05) is 19.3 Å². The Morgan fingerprint density at radius 1 is 1.19 bits per heavy atom. The fraction of sp³-hybridized carbons (Fsp3) is 1.00. The van der Waals surface area contributed by atoms with Crippen LogP contribution in [0.1, 0.15) is 58.3 Å². The van der Waals surface area contributed by atoms with Crippen LogP contribution < -0.4 is 5.32 Å². The van der Waals surface area contributed by atoms with E-state index in [1.165, 1.54) is 51.4 Å². The largest absolute Gasteiger partial charge is 0.378 e. The first-order valence-corrected chi connectivity index (χ1v) is 7.23. The average molecular weight is 223 g/mol. The lowest BCUT2D eigenvalue weighted by Gasteiger charge is -2.58. The first kappa shape index (κ1) is 11.0. The van der Waals surface area contributed by atoms with E-state index < -0.39 is 0 Å². The lowest BCUT2D eigenvalue weighted by atomic mass is 9.55. The van der Waals surface area contributed by atoms with E-state index in [-0.39, 0.29) is 0 Å². The van der Waals surface area contributed by atoms with Crippen LogP contribution in [0.5, 0.6) is 0 Å². The van der Waals surface area contributed by atoms with Gasteiger partial charge in [0.05, 0.1) is 6.10 Å². The Bertz CT molecular complexity index is 243. The summed E-state index contributed by atoms with van der Waals surface area (Å²) in [4.78, 5) is 0. The molecule has 2 atom stereocenters. The van der Waals surface area contributed by atoms with Crippen molar-refractivity contribution < 1.29 is 4.74 Å². The van der Waals surface area contributed by atoms with E-state index in [4.69, 9.17) is 4.74 Å². The first-order valence-electron chi connectivity index (χ1n) is 7.23. The minimum Gasteiger partial charge on any atom is -0.378 e. The molecule has 3 aliphatic carbocycles. The normalized spacial score (nSPS) is 37.3. The predicted molar refractivity (Wildman–Crippen MR) is 65.5 cm³/mol. The van der Waals surface area contributed by atoms with Gasteiger partial charge in [0.25, 0.3) is 0 Å². The smallest absolute Gasteiger partial charge is 0.0661 e. The molecule has 1 spiro atoms. The third-order valence-corrected chi connectivity index (χ3v) is 4.95. The molecule has 0 aromatic carbocycles. The molecule has 2 unspecified atom stereocenters. The van der Waals surface area contributed by atoms with Crippen LogP contribution in [0.4, 0.5) is 0 Å². The maximum atomic E-state index is 5.96. The van der Waals surface area contributed by atoms with Gasteiger partial charge in [0.1, 0.15) is 0 Å². The van der Waals surface area contributed by atoms with Gasteiger partial charge in [0.2, 0.25) is 0 Å². The fourth-order valence-electron chi connectivity index (χ4n) is 3.83. The standard InChI is InChI=1S/C14H25NO/c1-2-16-13-10-12(15-11-6-7-11)14(13)8-4-3-5-9-14/h11-13,15H,2-10H2,1H3. The summed E-state index contributed by atoms with van der Waals surface area (Å²) in [6.07, 6.45) is 11.7. The van der Waals surface area contributed by atoms with Crippen molar-refractivity contribution in [2.75, 3.05) is 6.61 Å². The number of hydrogen-bond donors (Lipinski definition) is 1. The van der Waals surface area contributed by atoms with Gasteiger partial charge >= 0.3 is 0 Å². The van der Waals surface area contributed by atoms with E-state index in [0.29, 0.717) is 11.5 Å². The number of rotatable bonds is 4. The molecular weight excluding hydrogens is 198 g/mol. The predicted octanol–water partition coefficient (Wildman–Crippen LogP) is 2.87. The van der Waals surface area contributed by atoms with Crippen molar-refractivity contribution in [3.63, 3.8) is 0 Å². The Balaban J connectivity index is 1.65. The van der Waals surface area contributed by atoms with Crippen LogP contribution in [-0.2, 0) is 4.74 Å². The van der Waals surface area contributed by atoms with Crippen molar-refractivity contribution in [1.29, 1.82) is 0 Å². The maximum absolute atomic E-state index is 5.96. The monoisotopic (exact) mass is 223 g/mol. The molecule has 3 saturated carbocycles. The highest BCUT2D eigenvalue weighted by Crippen LogP contribution is 2.53. The Labute approximate surface area is 99.1 Å². The van der Waals surface area contributed by atoms with Crippen LogP contribution in [-0.4, -0.2) is 24.8 Å². The van der Waals surface area contributed by atoms with Gasteiger partial charge in [-0.05, 0) is 39.0 Å². The third-order valence-electron chi connectivity index (χ3n) is 4.95. The Kier molecular flexibility index (Phi) is 2.97. The molecule has 0 saturated heterocycles. The summed E-state index contributed by atoms with van der Waals surface area (Å²) >= 11 is 0. The van der Waals surface area contributed by atoms with Gasteiger partial charge < -0.3 is 10.1 Å². The van der Waals surface area contributed by atoms with Crippen LogP contribution in [0, 0.1) is 5.41 Å². The second kappa shape index (κ2) is 4.30. The van der Waals surface area contributed by atoms with E-state index in [2.05, 4.69) is 12.2 Å². The highest BCUT2D eigenvalue weighted by molar-refractivity contribution is 5.10. The molecule has 0 heterocycles. The van der Waals surface area contributed by atoms with Crippen molar-refractivity contribution in [3.05, 3.63) is 0 Å². The summed E-state index contributed by atoms with van der Waals surface area (Å²) < 4.78 is 5.96. The Morgan fingerprint density at radius 2 is 1.94 bits per heavy atom. The maximum Gasteiger partial charge on any atom is 0.0661 e. The molecule has 0 radical (unpaired) electrons. The molecule has 3 fully saturated rings. The van der Waals surface area contributed by atoms with Crippen molar-refractivity contribution in [2.45, 2.75) is 76.5 Å². The second-order valence-electron chi connectivity index (χ2n) is 5.97. The van der Waals surface area contributed by atoms with E-state index in [1.54, 1.807) is 0 Å². The SMILES string of the molecule is CCOC1CC(NC2CC2)C12CCCCC2. The summed E-state index contributed by atoms with van der Waals surface area (Å²) in [6.45, 7) is 3.03. The highest BCUT2D eigenvalue weighted by atomic mass is 16.5. The van der Waals surface area contributed by atoms with Gasteiger partial charge in [0.15, 0.2) is 0 Å². The second-order valence-corrected chi connectivity index (χ2v) is 5.97. The number of nitrogens with one attached hydrogen (secondary N) is 1. The Morgan fingerprint density at radius 3 is 2.56 bits per heavy atom. The summed E-state index contributed by atoms with van der Waals surface area (Å²) in [5.74, 6) is 0. The zero-order valence-electron chi connectivity index (χ0n) is 10.5. The third kappa shape index (κ3) is 1.80. The van der Waals surface area contributed by atoms with Crippen LogP contribution in [0.3, 0.4) is 0 Å². The summed E-state index contributed by atoms with van der Waals surface area (Å²) in [5, 5.41) is 3.86. The van der Waals surface area contributed by atoms with Crippen molar-refractivity contribution in [3.8, 4) is 0 Å². The summed E-state index contributed by atoms with van der Waals surface area (Å²) in [7, 11) is 0. The van der Waals surface area contributed by atoms with Gasteiger partial charge in [-0.25, -0.2) is 0 Å². The molecule has 2 heteroatoms. The molecule has 0 aromatic rings. The van der Waals surface area contributed by atoms with E-state index >= 15 is 0 Å². The molecular formula is C14H25NO. The van der Waals surface area contributed by atoms with Crippen molar-refractivity contribution in [2.24, 2.45) is 5.41 Å². The zero-order valence-corrected chi connectivity index (χ0v) is 10.5. The molecule has 0 aromatic heterocycles. The van der Waals surface area contributed by atoms with Gasteiger partial charge in [0, 0.05) is 24.1 Å². The lowest BCUT2D eigenvalue weighted by molar-refractivity contribution is -0.150. The molecule has 3 aliphatic rings. The van der Waals surface area contributed by atoms with Crippen molar-refractivity contribution in [1.82, 2.24) is 5.32 Å². The molecule has 92 valence electrons. The van der Waals surface area contributed by atoms with Crippen molar-refractivity contribution >= 4 is 0 Å². The van der Waals surface area contributed by atoms with Gasteiger partial charge in [-0.3, -0.25) is 0 Å². The van der Waals surface area contributed by atoms with Crippen LogP contribution in [0.15, 0.2) is 0 Å². The zero-order chi connectivity index (χ0) is 11.0. The number of hydrogen-bond acceptors (Lipinski definition) is 2. The molecule has 1 N–H and O–H groups in total. The number of ether oxygens (including phenoxy) is 1. The Hall–Kier alpha value is -0.0800. The minimum atomic E-state index is 0.525. The first-order chi connectivity index (χ1) is 7.85. The van der Waals surface area contributed by atoms with Gasteiger partial charge in [-0.2, -0.15) is 0 Å². The highest BCUT2D eigenvalue weighted by Gasteiger charge is 2.56. The fourth-order valence-corrected chi connectivity index (χ4v) is 3.83. The van der Waals surface area contributed by atoms with Crippen LogP contribution in [0.25, 0.3) is 0 Å². The van der Waals surface area contributed by atoms with Crippen LogP contribution >= 0.6 is 0 Å². The summed E-state index contributed by atoms with van der Waals surface area (Å²) in [5.41, 5.74) is 0.525. The molecule has 2 nitrogen and oxygen atoms in total. The molecule has 16 heavy (non-hydrogen) atoms. The van der Waals surface area contributed by atoms with Crippen LogP contribution in [0.2, 0.25) is 0 Å². The summed E-state index contributed by atoms with van der Waals surface area (Å²) in [6, 6.07) is 1.63. The topological polar surface area (TPSA) is 21.3 Å². The lowest BCUT2D eigenvalue weighted by Crippen LogP contribution is -2.64. The average Bonchev–Trinajstić information content (AvgIpc) is 3.13. The molecule has 0 aliphatic heterocycles. The molecule has 3 rings (SSSR count). The van der Waals surface area contributed by atoms with E-state index in [9.17, 15) is 0 Å². The molecule has 0 bridgehead atoms. The molecule has 0 amide bonds. The minimum absolute atomic E-state index is 0.525. The van der Waals surface area contributed by atoms with Gasteiger partial charge in [-0.15, -0.1) is 0 Å². The van der Waals surface area contributed by atoms with E-state index in [1.807, 2.05) is 0 Å².